The van der Waals surface area contributed by atoms with Gasteiger partial charge in [-0.05, 0) is 33.8 Å². The molecule has 0 radical (unpaired) electrons. The number of hydrazine groups is 1. The fourth-order valence-electron chi connectivity index (χ4n) is 1.31. The lowest BCUT2D eigenvalue weighted by molar-refractivity contribution is 0.508. The van der Waals surface area contributed by atoms with Crippen molar-refractivity contribution >= 4 is 17.8 Å². The van der Waals surface area contributed by atoms with Crippen molar-refractivity contribution in [2.75, 3.05) is 10.7 Å². The van der Waals surface area contributed by atoms with Gasteiger partial charge in [0.2, 0.25) is 5.95 Å². The van der Waals surface area contributed by atoms with Crippen molar-refractivity contribution in [3.8, 4) is 0 Å². The molecule has 0 bridgehead atoms. The molecule has 1 rings (SSSR count). The van der Waals surface area contributed by atoms with Gasteiger partial charge in [-0.2, -0.15) is 4.98 Å². The molecule has 0 aliphatic carbocycles. The highest BCUT2D eigenvalue weighted by Gasteiger charge is 2.23. The molecular weight excluding hydrogens is 218 g/mol. The quantitative estimate of drug-likeness (QED) is 0.523. The molecule has 6 heteroatoms. The van der Waals surface area contributed by atoms with E-state index in [1.807, 2.05) is 27.7 Å². The number of H-pyrrole nitrogens is 1. The number of anilines is 2. The number of hydrogen-bond acceptors (Lipinski definition) is 5. The summed E-state index contributed by atoms with van der Waals surface area (Å²) in [6.45, 7) is 7.58. The van der Waals surface area contributed by atoms with Crippen LogP contribution in [0.1, 0.15) is 33.3 Å². The molecular formula is C11H19N5O. The van der Waals surface area contributed by atoms with Crippen molar-refractivity contribution in [2.45, 2.75) is 33.2 Å². The Balaban J connectivity index is 3.46. The maximum Gasteiger partial charge on any atom is 0.261 e. The van der Waals surface area contributed by atoms with Crippen LogP contribution in [0.2, 0.25) is 0 Å². The van der Waals surface area contributed by atoms with Gasteiger partial charge in [0.25, 0.3) is 5.56 Å². The van der Waals surface area contributed by atoms with Crippen molar-refractivity contribution in [1.29, 1.82) is 0 Å². The van der Waals surface area contributed by atoms with E-state index in [2.05, 4.69) is 9.97 Å². The Morgan fingerprint density at radius 1 is 1.41 bits per heavy atom. The lowest BCUT2D eigenvalue weighted by Gasteiger charge is -2.32. The second-order valence-electron chi connectivity index (χ2n) is 4.73. The molecule has 0 saturated heterocycles. The fourth-order valence-corrected chi connectivity index (χ4v) is 1.31. The van der Waals surface area contributed by atoms with Crippen LogP contribution in [-0.4, -0.2) is 15.5 Å². The second kappa shape index (κ2) is 4.58. The number of allylic oxidation sites excluding steroid dienone is 1. The minimum Gasteiger partial charge on any atom is -0.369 e. The molecule has 1 aromatic rings. The zero-order chi connectivity index (χ0) is 13.2. The Labute approximate surface area is 100 Å². The SMILES string of the molecule is C/C=C\c1c(N(N)C(C)(C)C)nc(N)[nH]c1=O. The summed E-state index contributed by atoms with van der Waals surface area (Å²) in [6.07, 6.45) is 3.41. The molecule has 1 heterocycles. The number of aromatic nitrogens is 2. The zero-order valence-corrected chi connectivity index (χ0v) is 10.6. The normalized spacial score (nSPS) is 12.1. The van der Waals surface area contributed by atoms with Gasteiger partial charge in [-0.15, -0.1) is 0 Å². The van der Waals surface area contributed by atoms with Gasteiger partial charge in [0, 0.05) is 5.54 Å². The number of nitrogen functional groups attached to an aromatic ring is 1. The summed E-state index contributed by atoms with van der Waals surface area (Å²) in [6, 6.07) is 0. The van der Waals surface area contributed by atoms with Gasteiger partial charge in [0.05, 0.1) is 5.56 Å². The van der Waals surface area contributed by atoms with Crippen molar-refractivity contribution in [3.63, 3.8) is 0 Å². The Hall–Kier alpha value is -1.82. The van der Waals surface area contributed by atoms with E-state index in [0.29, 0.717) is 11.4 Å². The third-order valence-corrected chi connectivity index (χ3v) is 2.24. The van der Waals surface area contributed by atoms with Gasteiger partial charge in [-0.3, -0.25) is 14.8 Å². The van der Waals surface area contributed by atoms with Crippen molar-refractivity contribution in [1.82, 2.24) is 9.97 Å². The topological polar surface area (TPSA) is 101 Å². The molecule has 94 valence electrons. The summed E-state index contributed by atoms with van der Waals surface area (Å²) in [7, 11) is 0. The summed E-state index contributed by atoms with van der Waals surface area (Å²) in [5.41, 5.74) is 5.28. The molecule has 0 aliphatic rings. The molecule has 6 nitrogen and oxygen atoms in total. The molecule has 0 unspecified atom stereocenters. The van der Waals surface area contributed by atoms with Gasteiger partial charge < -0.3 is 5.73 Å². The molecule has 0 fully saturated rings. The lowest BCUT2D eigenvalue weighted by Crippen LogP contribution is -2.48. The molecule has 17 heavy (non-hydrogen) atoms. The van der Waals surface area contributed by atoms with Crippen LogP contribution in [0.3, 0.4) is 0 Å². The Bertz CT molecular complexity index is 484. The average Bonchev–Trinajstić information content (AvgIpc) is 2.19. The second-order valence-corrected chi connectivity index (χ2v) is 4.73. The van der Waals surface area contributed by atoms with Crippen LogP contribution >= 0.6 is 0 Å². The van der Waals surface area contributed by atoms with Crippen molar-refractivity contribution < 1.29 is 0 Å². The predicted molar refractivity (Wildman–Crippen MR) is 70.4 cm³/mol. The number of nitrogens with one attached hydrogen (secondary N) is 1. The van der Waals surface area contributed by atoms with Crippen LogP contribution in [0, 0.1) is 0 Å². The highest BCUT2D eigenvalue weighted by atomic mass is 16.1. The number of nitrogens with zero attached hydrogens (tertiary/aromatic N) is 2. The van der Waals surface area contributed by atoms with E-state index < -0.39 is 0 Å². The monoisotopic (exact) mass is 237 g/mol. The minimum absolute atomic E-state index is 0.0537. The van der Waals surface area contributed by atoms with E-state index in [1.54, 1.807) is 12.2 Å². The summed E-state index contributed by atoms with van der Waals surface area (Å²) >= 11 is 0. The lowest BCUT2D eigenvalue weighted by atomic mass is 10.1. The van der Waals surface area contributed by atoms with Crippen LogP contribution in [0.4, 0.5) is 11.8 Å². The smallest absolute Gasteiger partial charge is 0.261 e. The molecule has 0 atom stereocenters. The van der Waals surface area contributed by atoms with Crippen LogP contribution < -0.4 is 22.1 Å². The fraction of sp³-hybridized carbons (Fsp3) is 0.455. The number of aromatic amines is 1. The Morgan fingerprint density at radius 2 is 2.00 bits per heavy atom. The molecule has 0 saturated carbocycles. The molecule has 0 aliphatic heterocycles. The van der Waals surface area contributed by atoms with Crippen LogP contribution in [0.25, 0.3) is 6.08 Å². The standard InChI is InChI=1S/C11H19N5O/c1-5-6-7-8(16(13)11(2,3)4)14-10(12)15-9(7)17/h5-6H,13H2,1-4H3,(H3,12,14,15,17)/b6-5-. The molecule has 0 spiro atoms. The van der Waals surface area contributed by atoms with Crippen LogP contribution in [0.5, 0.6) is 0 Å². The number of hydrogen-bond donors (Lipinski definition) is 3. The van der Waals surface area contributed by atoms with E-state index in [1.165, 1.54) is 5.01 Å². The zero-order valence-electron chi connectivity index (χ0n) is 10.6. The van der Waals surface area contributed by atoms with Gasteiger partial charge in [-0.1, -0.05) is 6.08 Å². The maximum atomic E-state index is 11.8. The van der Waals surface area contributed by atoms with Crippen LogP contribution in [0.15, 0.2) is 10.9 Å². The van der Waals surface area contributed by atoms with E-state index in [9.17, 15) is 4.79 Å². The maximum absolute atomic E-state index is 11.8. The first kappa shape index (κ1) is 13.2. The summed E-state index contributed by atoms with van der Waals surface area (Å²) < 4.78 is 0. The molecule has 1 aromatic heterocycles. The van der Waals surface area contributed by atoms with E-state index >= 15 is 0 Å². The first-order valence-electron chi connectivity index (χ1n) is 5.34. The molecule has 0 aromatic carbocycles. The van der Waals surface area contributed by atoms with E-state index in [0.717, 1.165) is 0 Å². The van der Waals surface area contributed by atoms with Crippen molar-refractivity contribution in [2.24, 2.45) is 5.84 Å². The van der Waals surface area contributed by atoms with Gasteiger partial charge in [0.1, 0.15) is 0 Å². The van der Waals surface area contributed by atoms with Gasteiger partial charge in [0.15, 0.2) is 5.82 Å². The van der Waals surface area contributed by atoms with Gasteiger partial charge in [-0.25, -0.2) is 5.84 Å². The summed E-state index contributed by atoms with van der Waals surface area (Å²) in [5, 5.41) is 1.44. The Kier molecular flexibility index (Phi) is 3.57. The van der Waals surface area contributed by atoms with Gasteiger partial charge >= 0.3 is 0 Å². The first-order valence-corrected chi connectivity index (χ1v) is 5.34. The van der Waals surface area contributed by atoms with E-state index in [-0.39, 0.29) is 17.0 Å². The number of rotatable bonds is 2. The third-order valence-electron chi connectivity index (χ3n) is 2.24. The third kappa shape index (κ3) is 2.85. The molecule has 5 N–H and O–H groups in total. The predicted octanol–water partition coefficient (Wildman–Crippen LogP) is 0.864. The average molecular weight is 237 g/mol. The largest absolute Gasteiger partial charge is 0.369 e. The first-order chi connectivity index (χ1) is 7.77. The van der Waals surface area contributed by atoms with Crippen LogP contribution in [-0.2, 0) is 0 Å². The van der Waals surface area contributed by atoms with E-state index in [4.69, 9.17) is 11.6 Å². The molecule has 0 amide bonds. The minimum atomic E-state index is -0.358. The Morgan fingerprint density at radius 3 is 2.47 bits per heavy atom. The highest BCUT2D eigenvalue weighted by molar-refractivity contribution is 5.64. The highest BCUT2D eigenvalue weighted by Crippen LogP contribution is 2.21. The summed E-state index contributed by atoms with van der Waals surface area (Å²) in [4.78, 5) is 18.3. The number of nitrogens with two attached hydrogens (primary N) is 2. The van der Waals surface area contributed by atoms with Crippen molar-refractivity contribution in [3.05, 3.63) is 22.0 Å². The summed E-state index contributed by atoms with van der Waals surface area (Å²) in [5.74, 6) is 6.40.